The van der Waals surface area contributed by atoms with E-state index < -0.39 is 0 Å². The monoisotopic (exact) mass is 318 g/mol. The van der Waals surface area contributed by atoms with Gasteiger partial charge in [0.1, 0.15) is 0 Å². The van der Waals surface area contributed by atoms with Crippen LogP contribution >= 0.6 is 35.0 Å². The first kappa shape index (κ1) is 14.7. The lowest BCUT2D eigenvalue weighted by atomic mass is 10.0. The minimum atomic E-state index is -0.242. The molecule has 0 fully saturated rings. The van der Waals surface area contributed by atoms with E-state index >= 15 is 0 Å². The highest BCUT2D eigenvalue weighted by Gasteiger charge is 2.26. The van der Waals surface area contributed by atoms with Gasteiger partial charge < -0.3 is 5.11 Å². The standard InChI is InChI=1S/C12H12Cl2N2O2S/c13-8-2-1-7(5-9(8)14)10-6-11(19-4-3-17)12(18)16-15-10/h1-2,5,11,17H,3-4,6H2,(H,16,18). The van der Waals surface area contributed by atoms with Crippen molar-refractivity contribution in [3.8, 4) is 0 Å². The maximum absolute atomic E-state index is 11.6. The largest absolute Gasteiger partial charge is 0.396 e. The van der Waals surface area contributed by atoms with E-state index in [0.717, 1.165) is 11.3 Å². The molecule has 2 rings (SSSR count). The Hall–Kier alpha value is -0.750. The van der Waals surface area contributed by atoms with E-state index in [2.05, 4.69) is 10.5 Å². The normalized spacial score (nSPS) is 19.0. The summed E-state index contributed by atoms with van der Waals surface area (Å²) >= 11 is 13.2. The number of hydrazone groups is 1. The molecule has 1 unspecified atom stereocenters. The number of benzene rings is 1. The molecule has 0 aliphatic carbocycles. The van der Waals surface area contributed by atoms with E-state index in [1.165, 1.54) is 11.8 Å². The summed E-state index contributed by atoms with van der Waals surface area (Å²) in [5.74, 6) is 0.384. The van der Waals surface area contributed by atoms with Crippen LogP contribution in [0.25, 0.3) is 0 Å². The second-order valence-electron chi connectivity index (χ2n) is 3.95. The molecule has 2 N–H and O–H groups in total. The van der Waals surface area contributed by atoms with Gasteiger partial charge in [-0.15, -0.1) is 11.8 Å². The van der Waals surface area contributed by atoms with Gasteiger partial charge in [0.15, 0.2) is 0 Å². The fourth-order valence-corrected chi connectivity index (χ4v) is 2.86. The van der Waals surface area contributed by atoms with Crippen molar-refractivity contribution in [3.63, 3.8) is 0 Å². The number of aliphatic hydroxyl groups excluding tert-OH is 1. The van der Waals surface area contributed by atoms with E-state index in [1.54, 1.807) is 12.1 Å². The molecule has 7 heteroatoms. The number of carbonyl (C=O) groups is 1. The summed E-state index contributed by atoms with van der Waals surface area (Å²) in [6, 6.07) is 5.25. The molecule has 0 saturated carbocycles. The molecule has 102 valence electrons. The molecule has 4 nitrogen and oxygen atoms in total. The van der Waals surface area contributed by atoms with Gasteiger partial charge in [0.2, 0.25) is 0 Å². The molecular weight excluding hydrogens is 307 g/mol. The van der Waals surface area contributed by atoms with Crippen LogP contribution in [0.3, 0.4) is 0 Å². The molecule has 0 aromatic heterocycles. The molecule has 0 spiro atoms. The van der Waals surface area contributed by atoms with Gasteiger partial charge in [0, 0.05) is 12.2 Å². The third kappa shape index (κ3) is 3.63. The highest BCUT2D eigenvalue weighted by atomic mass is 35.5. The highest BCUT2D eigenvalue weighted by molar-refractivity contribution is 8.00. The first-order chi connectivity index (χ1) is 9.11. The number of thioether (sulfide) groups is 1. The Balaban J connectivity index is 2.16. The molecule has 1 amide bonds. The van der Waals surface area contributed by atoms with Gasteiger partial charge in [0.25, 0.3) is 5.91 Å². The van der Waals surface area contributed by atoms with E-state index in [4.69, 9.17) is 28.3 Å². The number of nitrogens with one attached hydrogen (secondary N) is 1. The number of aliphatic hydroxyl groups is 1. The van der Waals surface area contributed by atoms with Crippen molar-refractivity contribution in [3.05, 3.63) is 33.8 Å². The van der Waals surface area contributed by atoms with Crippen molar-refractivity contribution >= 4 is 46.6 Å². The van der Waals surface area contributed by atoms with Crippen LogP contribution in [-0.2, 0) is 4.79 Å². The van der Waals surface area contributed by atoms with E-state index in [0.29, 0.717) is 22.2 Å². The summed E-state index contributed by atoms with van der Waals surface area (Å²) < 4.78 is 0. The van der Waals surface area contributed by atoms with Gasteiger partial charge in [-0.2, -0.15) is 5.10 Å². The Bertz CT molecular complexity index is 522. The Morgan fingerprint density at radius 2 is 2.21 bits per heavy atom. The predicted octanol–water partition coefficient (Wildman–Crippen LogP) is 2.31. The number of carbonyl (C=O) groups excluding carboxylic acids is 1. The minimum Gasteiger partial charge on any atom is -0.396 e. The summed E-state index contributed by atoms with van der Waals surface area (Å²) in [5, 5.41) is 13.6. The number of amides is 1. The Labute approximate surface area is 125 Å². The molecule has 1 atom stereocenters. The highest BCUT2D eigenvalue weighted by Crippen LogP contribution is 2.26. The summed E-state index contributed by atoms with van der Waals surface area (Å²) in [6.07, 6.45) is 0.508. The Kier molecular flexibility index (Phi) is 5.10. The summed E-state index contributed by atoms with van der Waals surface area (Å²) in [7, 11) is 0. The van der Waals surface area contributed by atoms with Crippen molar-refractivity contribution in [2.45, 2.75) is 11.7 Å². The first-order valence-corrected chi connectivity index (χ1v) is 7.46. The van der Waals surface area contributed by atoms with Crippen molar-refractivity contribution in [1.29, 1.82) is 0 Å². The van der Waals surface area contributed by atoms with E-state index in [1.807, 2.05) is 6.07 Å². The van der Waals surface area contributed by atoms with Gasteiger partial charge in [-0.05, 0) is 17.7 Å². The molecule has 1 aromatic rings. The molecule has 1 aliphatic heterocycles. The zero-order valence-corrected chi connectivity index (χ0v) is 12.2. The van der Waals surface area contributed by atoms with Crippen LogP contribution in [-0.4, -0.2) is 34.3 Å². The van der Waals surface area contributed by atoms with Crippen LogP contribution < -0.4 is 5.43 Å². The number of hydrogen-bond acceptors (Lipinski definition) is 4. The second-order valence-corrected chi connectivity index (χ2v) is 6.08. The number of halogens is 2. The molecule has 1 aliphatic rings. The Morgan fingerprint density at radius 1 is 1.42 bits per heavy atom. The van der Waals surface area contributed by atoms with Crippen LogP contribution in [0.15, 0.2) is 23.3 Å². The zero-order chi connectivity index (χ0) is 13.8. The average Bonchev–Trinajstić information content (AvgIpc) is 2.41. The maximum Gasteiger partial charge on any atom is 0.253 e. The molecular formula is C12H12Cl2N2O2S. The van der Waals surface area contributed by atoms with E-state index in [-0.39, 0.29) is 17.8 Å². The number of hydrogen-bond donors (Lipinski definition) is 2. The van der Waals surface area contributed by atoms with Crippen LogP contribution in [0.4, 0.5) is 0 Å². The van der Waals surface area contributed by atoms with E-state index in [9.17, 15) is 4.79 Å². The van der Waals surface area contributed by atoms with Crippen molar-refractivity contribution < 1.29 is 9.90 Å². The lowest BCUT2D eigenvalue weighted by molar-refractivity contribution is -0.120. The smallest absolute Gasteiger partial charge is 0.253 e. The molecule has 1 aromatic carbocycles. The average molecular weight is 319 g/mol. The van der Waals surface area contributed by atoms with Gasteiger partial charge in [0.05, 0.1) is 27.6 Å². The molecule has 0 bridgehead atoms. The van der Waals surface area contributed by atoms with Crippen LogP contribution in [0, 0.1) is 0 Å². The summed E-state index contributed by atoms with van der Waals surface area (Å²) in [6.45, 7) is 0.0493. The third-order valence-electron chi connectivity index (χ3n) is 2.64. The summed E-state index contributed by atoms with van der Waals surface area (Å²) in [4.78, 5) is 11.6. The Morgan fingerprint density at radius 3 is 2.89 bits per heavy atom. The first-order valence-electron chi connectivity index (χ1n) is 5.66. The van der Waals surface area contributed by atoms with Gasteiger partial charge in [-0.1, -0.05) is 29.3 Å². The second kappa shape index (κ2) is 6.61. The lowest BCUT2D eigenvalue weighted by Crippen LogP contribution is -2.37. The molecule has 19 heavy (non-hydrogen) atoms. The lowest BCUT2D eigenvalue weighted by Gasteiger charge is -2.21. The molecule has 0 saturated heterocycles. The number of rotatable bonds is 4. The van der Waals surface area contributed by atoms with Gasteiger partial charge in [-0.3, -0.25) is 4.79 Å². The molecule has 1 heterocycles. The molecule has 0 radical (unpaired) electrons. The summed E-state index contributed by atoms with van der Waals surface area (Å²) in [5.41, 5.74) is 4.09. The van der Waals surface area contributed by atoms with Crippen molar-refractivity contribution in [2.24, 2.45) is 5.10 Å². The predicted molar refractivity (Wildman–Crippen MR) is 79.1 cm³/mol. The topological polar surface area (TPSA) is 61.7 Å². The minimum absolute atomic E-state index is 0.0493. The van der Waals surface area contributed by atoms with Crippen molar-refractivity contribution in [2.75, 3.05) is 12.4 Å². The number of nitrogens with zero attached hydrogens (tertiary/aromatic N) is 1. The van der Waals surface area contributed by atoms with Crippen LogP contribution in [0.2, 0.25) is 10.0 Å². The SMILES string of the molecule is O=C1NN=C(c2ccc(Cl)c(Cl)c2)CC1SCCO. The van der Waals surface area contributed by atoms with Gasteiger partial charge >= 0.3 is 0 Å². The van der Waals surface area contributed by atoms with Gasteiger partial charge in [-0.25, -0.2) is 5.43 Å². The fourth-order valence-electron chi connectivity index (χ4n) is 1.70. The zero-order valence-electron chi connectivity index (χ0n) is 9.90. The van der Waals surface area contributed by atoms with Crippen molar-refractivity contribution in [1.82, 2.24) is 5.43 Å². The van der Waals surface area contributed by atoms with Crippen LogP contribution in [0.1, 0.15) is 12.0 Å². The fraction of sp³-hybridized carbons (Fsp3) is 0.333. The quantitative estimate of drug-likeness (QED) is 0.895. The maximum atomic E-state index is 11.6. The van der Waals surface area contributed by atoms with Crippen LogP contribution in [0.5, 0.6) is 0 Å². The third-order valence-corrected chi connectivity index (χ3v) is 4.58.